The molecule has 0 aliphatic carbocycles. The Hall–Kier alpha value is -0.990. The molecule has 0 bridgehead atoms. The maximum atomic E-state index is 13.3. The average Bonchev–Trinajstić information content (AvgIpc) is 3.00. The molecule has 0 aromatic rings. The highest BCUT2D eigenvalue weighted by molar-refractivity contribution is 7.51. The summed E-state index contributed by atoms with van der Waals surface area (Å²) in [5.41, 5.74) is 0. The van der Waals surface area contributed by atoms with Gasteiger partial charge in [-0.2, -0.15) is 4.67 Å². The number of nitrogens with one attached hydrogen (secondary N) is 1. The molecule has 1 aliphatic rings. The van der Waals surface area contributed by atoms with Gasteiger partial charge in [0.25, 0.3) is 0 Å². The van der Waals surface area contributed by atoms with Gasteiger partial charge in [0.05, 0.1) is 32.0 Å². The van der Waals surface area contributed by atoms with E-state index in [1.54, 1.807) is 27.7 Å². The standard InChI is InChI=1S/C15H29N2O7P/c1-10(2)23-25(21,24-11(3)4)17-8-6-7-13(17)14(19)16-12(9-18)15(20)22-5/h10-13,18H,6-9H2,1-5H3,(H,16,19)/t12-,13-/m0/s1. The summed E-state index contributed by atoms with van der Waals surface area (Å²) in [6.07, 6.45) is 0.369. The van der Waals surface area contributed by atoms with Gasteiger partial charge in [0.2, 0.25) is 5.91 Å². The Morgan fingerprint density at radius 1 is 1.24 bits per heavy atom. The van der Waals surface area contributed by atoms with Crippen LogP contribution in [0.3, 0.4) is 0 Å². The van der Waals surface area contributed by atoms with Crippen LogP contribution in [0.2, 0.25) is 0 Å². The molecule has 0 radical (unpaired) electrons. The van der Waals surface area contributed by atoms with Crippen molar-refractivity contribution in [2.24, 2.45) is 0 Å². The highest BCUT2D eigenvalue weighted by atomic mass is 31.2. The number of hydrogen-bond donors (Lipinski definition) is 2. The zero-order valence-electron chi connectivity index (χ0n) is 15.4. The van der Waals surface area contributed by atoms with Crippen molar-refractivity contribution in [1.29, 1.82) is 0 Å². The van der Waals surface area contributed by atoms with Gasteiger partial charge >= 0.3 is 13.7 Å². The SMILES string of the molecule is COC(=O)[C@H](CO)NC(=O)[C@@H]1CCCN1P(=O)(OC(C)C)OC(C)C. The second-order valence-electron chi connectivity index (χ2n) is 6.36. The van der Waals surface area contributed by atoms with Crippen molar-refractivity contribution in [2.75, 3.05) is 20.3 Å². The van der Waals surface area contributed by atoms with Crippen molar-refractivity contribution < 1.29 is 33.0 Å². The van der Waals surface area contributed by atoms with E-state index in [4.69, 9.17) is 9.05 Å². The van der Waals surface area contributed by atoms with Crippen LogP contribution in [-0.4, -0.2) is 66.2 Å². The molecule has 1 saturated heterocycles. The number of carbonyl (C=O) groups is 2. The summed E-state index contributed by atoms with van der Waals surface area (Å²) in [7, 11) is -2.51. The number of aliphatic hydroxyl groups is 1. The number of rotatable bonds is 9. The van der Waals surface area contributed by atoms with E-state index in [9.17, 15) is 19.3 Å². The van der Waals surface area contributed by atoms with Crippen LogP contribution in [0.25, 0.3) is 0 Å². The van der Waals surface area contributed by atoms with E-state index < -0.39 is 38.3 Å². The fourth-order valence-corrected chi connectivity index (χ4v) is 4.88. The Labute approximate surface area is 148 Å². The first-order chi connectivity index (χ1) is 11.6. The topological polar surface area (TPSA) is 114 Å². The molecule has 1 heterocycles. The summed E-state index contributed by atoms with van der Waals surface area (Å²) >= 11 is 0. The number of methoxy groups -OCH3 is 1. The molecule has 0 spiro atoms. The first kappa shape index (κ1) is 22.1. The van der Waals surface area contributed by atoms with Gasteiger partial charge in [0.1, 0.15) is 0 Å². The Morgan fingerprint density at radius 2 is 1.80 bits per heavy atom. The lowest BCUT2D eigenvalue weighted by Crippen LogP contribution is -2.50. The molecular formula is C15H29N2O7P. The highest BCUT2D eigenvalue weighted by Gasteiger charge is 2.46. The number of nitrogens with zero attached hydrogens (tertiary/aromatic N) is 1. The zero-order chi connectivity index (χ0) is 19.2. The molecule has 9 nitrogen and oxygen atoms in total. The highest BCUT2D eigenvalue weighted by Crippen LogP contribution is 2.57. The summed E-state index contributed by atoms with van der Waals surface area (Å²) in [4.78, 5) is 24.1. The largest absolute Gasteiger partial charge is 0.467 e. The molecule has 25 heavy (non-hydrogen) atoms. The third-order valence-corrected chi connectivity index (χ3v) is 6.00. The Balaban J connectivity index is 2.96. The summed E-state index contributed by atoms with van der Waals surface area (Å²) in [6.45, 7) is 6.73. The minimum Gasteiger partial charge on any atom is -0.467 e. The van der Waals surface area contributed by atoms with E-state index in [2.05, 4.69) is 10.1 Å². The fraction of sp³-hybridized carbons (Fsp3) is 0.867. The van der Waals surface area contributed by atoms with Gasteiger partial charge in [0.15, 0.2) is 6.04 Å². The van der Waals surface area contributed by atoms with Crippen LogP contribution in [0.5, 0.6) is 0 Å². The molecule has 0 saturated carbocycles. The lowest BCUT2D eigenvalue weighted by atomic mass is 10.2. The second-order valence-corrected chi connectivity index (χ2v) is 8.24. The Morgan fingerprint density at radius 3 is 2.24 bits per heavy atom. The second kappa shape index (κ2) is 9.64. The maximum Gasteiger partial charge on any atom is 0.409 e. The predicted molar refractivity (Wildman–Crippen MR) is 90.8 cm³/mol. The molecule has 10 heteroatoms. The van der Waals surface area contributed by atoms with Crippen molar-refractivity contribution in [3.05, 3.63) is 0 Å². The lowest BCUT2D eigenvalue weighted by Gasteiger charge is -2.33. The molecule has 2 atom stereocenters. The van der Waals surface area contributed by atoms with E-state index in [-0.39, 0.29) is 12.2 Å². The smallest absolute Gasteiger partial charge is 0.409 e. The van der Waals surface area contributed by atoms with Gasteiger partial charge in [-0.15, -0.1) is 0 Å². The van der Waals surface area contributed by atoms with Gasteiger partial charge in [-0.05, 0) is 40.5 Å². The molecule has 0 aromatic carbocycles. The van der Waals surface area contributed by atoms with E-state index >= 15 is 0 Å². The van der Waals surface area contributed by atoms with Crippen LogP contribution < -0.4 is 5.32 Å². The molecule has 1 amide bonds. The predicted octanol–water partition coefficient (Wildman–Crippen LogP) is 1.06. The average molecular weight is 380 g/mol. The first-order valence-corrected chi connectivity index (χ1v) is 9.87. The van der Waals surface area contributed by atoms with E-state index in [0.717, 1.165) is 0 Å². The van der Waals surface area contributed by atoms with Gasteiger partial charge < -0.3 is 15.2 Å². The van der Waals surface area contributed by atoms with Crippen LogP contribution in [0.1, 0.15) is 40.5 Å². The quantitative estimate of drug-likeness (QED) is 0.451. The van der Waals surface area contributed by atoms with Gasteiger partial charge in [0, 0.05) is 6.54 Å². The molecule has 1 rings (SSSR count). The normalized spacial score (nSPS) is 20.1. The number of ether oxygens (including phenoxy) is 1. The molecule has 2 N–H and O–H groups in total. The minimum atomic E-state index is -3.68. The lowest BCUT2D eigenvalue weighted by molar-refractivity contribution is -0.146. The molecular weight excluding hydrogens is 351 g/mol. The number of esters is 1. The zero-order valence-corrected chi connectivity index (χ0v) is 16.3. The van der Waals surface area contributed by atoms with Gasteiger partial charge in [-0.25, -0.2) is 9.36 Å². The number of carbonyl (C=O) groups excluding carboxylic acids is 2. The van der Waals surface area contributed by atoms with Crippen LogP contribution in [0.4, 0.5) is 0 Å². The molecule has 1 fully saturated rings. The van der Waals surface area contributed by atoms with Gasteiger partial charge in [-0.3, -0.25) is 13.8 Å². The number of hydrogen-bond acceptors (Lipinski definition) is 7. The van der Waals surface area contributed by atoms with Crippen molar-refractivity contribution in [3.63, 3.8) is 0 Å². The van der Waals surface area contributed by atoms with Crippen molar-refractivity contribution in [3.8, 4) is 0 Å². The summed E-state index contributed by atoms with van der Waals surface area (Å²) < 4.78 is 30.3. The summed E-state index contributed by atoms with van der Waals surface area (Å²) in [6, 6.07) is -1.95. The number of aliphatic hydroxyl groups excluding tert-OH is 1. The fourth-order valence-electron chi connectivity index (χ4n) is 2.58. The van der Waals surface area contributed by atoms with E-state index in [0.29, 0.717) is 19.4 Å². The summed E-state index contributed by atoms with van der Waals surface area (Å²) in [5.74, 6) is -1.28. The molecule has 1 aliphatic heterocycles. The Kier molecular flexibility index (Phi) is 8.50. The molecule has 0 aromatic heterocycles. The third-order valence-electron chi connectivity index (χ3n) is 3.51. The van der Waals surface area contributed by atoms with Crippen LogP contribution in [-0.2, 0) is 27.9 Å². The van der Waals surface area contributed by atoms with Crippen molar-refractivity contribution in [2.45, 2.75) is 64.8 Å². The monoisotopic (exact) mass is 380 g/mol. The van der Waals surface area contributed by atoms with Crippen LogP contribution in [0, 0.1) is 0 Å². The van der Waals surface area contributed by atoms with Crippen LogP contribution >= 0.6 is 7.75 Å². The molecule has 146 valence electrons. The molecule has 0 unspecified atom stereocenters. The van der Waals surface area contributed by atoms with E-state index in [1.807, 2.05) is 0 Å². The van der Waals surface area contributed by atoms with Crippen LogP contribution in [0.15, 0.2) is 0 Å². The van der Waals surface area contributed by atoms with Gasteiger partial charge in [-0.1, -0.05) is 0 Å². The van der Waals surface area contributed by atoms with E-state index in [1.165, 1.54) is 11.8 Å². The minimum absolute atomic E-state index is 0.353. The van der Waals surface area contributed by atoms with Crippen molar-refractivity contribution >= 4 is 19.6 Å². The first-order valence-electron chi connectivity index (χ1n) is 8.37. The Bertz CT molecular complexity index is 498. The summed E-state index contributed by atoms with van der Waals surface area (Å²) in [5, 5.41) is 11.7. The van der Waals surface area contributed by atoms with Crippen molar-refractivity contribution in [1.82, 2.24) is 9.99 Å². The number of amides is 1. The third kappa shape index (κ3) is 6.04. The maximum absolute atomic E-state index is 13.3.